The lowest BCUT2D eigenvalue weighted by Crippen LogP contribution is -2.64. The van der Waals surface area contributed by atoms with Crippen LogP contribution in [0.25, 0.3) is 6.08 Å². The van der Waals surface area contributed by atoms with Gasteiger partial charge in [-0.05, 0) is 93.4 Å². The fourth-order valence-corrected chi connectivity index (χ4v) is 8.50. The summed E-state index contributed by atoms with van der Waals surface area (Å²) in [5, 5.41) is 0. The molecule has 0 saturated heterocycles. The van der Waals surface area contributed by atoms with E-state index in [9.17, 15) is 14.4 Å². The molecule has 7 atom stereocenters. The fraction of sp³-hybridized carbons (Fsp3) is 0.500. The second-order valence-corrected chi connectivity index (χ2v) is 15.2. The first kappa shape index (κ1) is 36.5. The maximum atomic E-state index is 14.0. The minimum Gasteiger partial charge on any atom is -0.458 e. The van der Waals surface area contributed by atoms with Gasteiger partial charge in [-0.3, -0.25) is 4.79 Å². The van der Waals surface area contributed by atoms with Gasteiger partial charge >= 0.3 is 11.9 Å². The maximum absolute atomic E-state index is 14.0. The summed E-state index contributed by atoms with van der Waals surface area (Å²) >= 11 is 0. The largest absolute Gasteiger partial charge is 0.458 e. The van der Waals surface area contributed by atoms with E-state index in [1.165, 1.54) is 6.08 Å². The standard InChI is InChI=1S/C42H52O7/c1-25(2)46-38-35-27(5)32(43)24-31(41(35,7)8)37(49-40(45)30-18-14-11-15-19-30)36-28(6)33(22-23-42(36,9)39(38)47-26(3)4)48-34(44)21-20-29-16-12-10-13-17-29/h10-21,25-26,31,33,36-39H,6,22-24H2,1-5,7-9H3/b21-20+/t31-,33-,36-,37+,38+,39-,42+/m0/s1. The molecule has 7 heteroatoms. The lowest BCUT2D eigenvalue weighted by Gasteiger charge is -2.60. The summed E-state index contributed by atoms with van der Waals surface area (Å²) in [6.45, 7) is 20.9. The summed E-state index contributed by atoms with van der Waals surface area (Å²) in [4.78, 5) is 41.2. The predicted molar refractivity (Wildman–Crippen MR) is 191 cm³/mol. The van der Waals surface area contributed by atoms with E-state index in [0.29, 0.717) is 29.6 Å². The number of esters is 2. The van der Waals surface area contributed by atoms with Crippen LogP contribution < -0.4 is 0 Å². The Bertz CT molecular complexity index is 1600. The van der Waals surface area contributed by atoms with Crippen LogP contribution in [0.4, 0.5) is 0 Å². The molecule has 0 aliphatic heterocycles. The number of ketones is 1. The zero-order valence-electron chi connectivity index (χ0n) is 30.2. The average Bonchev–Trinajstić information content (AvgIpc) is 3.05. The number of hydrogen-bond donors (Lipinski definition) is 0. The van der Waals surface area contributed by atoms with Crippen molar-refractivity contribution in [3.8, 4) is 0 Å². The van der Waals surface area contributed by atoms with E-state index in [1.54, 1.807) is 30.3 Å². The van der Waals surface area contributed by atoms with Gasteiger partial charge in [-0.1, -0.05) is 75.9 Å². The minimum atomic E-state index is -0.771. The van der Waals surface area contributed by atoms with Crippen LogP contribution in [0.2, 0.25) is 0 Å². The van der Waals surface area contributed by atoms with E-state index < -0.39 is 59.0 Å². The molecule has 7 nitrogen and oxygen atoms in total. The first-order valence-electron chi connectivity index (χ1n) is 17.6. The van der Waals surface area contributed by atoms with E-state index in [0.717, 1.165) is 11.1 Å². The smallest absolute Gasteiger partial charge is 0.338 e. The van der Waals surface area contributed by atoms with Crippen molar-refractivity contribution in [1.82, 2.24) is 0 Å². The Labute approximate surface area is 291 Å². The highest BCUT2D eigenvalue weighted by Crippen LogP contribution is 2.61. The molecule has 2 aromatic carbocycles. The zero-order chi connectivity index (χ0) is 35.7. The van der Waals surface area contributed by atoms with Crippen LogP contribution in [0, 0.1) is 22.7 Å². The van der Waals surface area contributed by atoms with Gasteiger partial charge in [-0.25, -0.2) is 9.59 Å². The van der Waals surface area contributed by atoms with Crippen molar-refractivity contribution in [3.05, 3.63) is 101 Å². The van der Waals surface area contributed by atoms with Crippen molar-refractivity contribution in [2.24, 2.45) is 22.7 Å². The van der Waals surface area contributed by atoms with Crippen LogP contribution in [0.3, 0.4) is 0 Å². The van der Waals surface area contributed by atoms with Gasteiger partial charge in [0.1, 0.15) is 18.3 Å². The molecule has 2 aromatic rings. The Morgan fingerprint density at radius 2 is 1.51 bits per heavy atom. The van der Waals surface area contributed by atoms with Crippen molar-refractivity contribution < 1.29 is 33.3 Å². The highest BCUT2D eigenvalue weighted by Gasteiger charge is 2.63. The monoisotopic (exact) mass is 668 g/mol. The molecule has 262 valence electrons. The topological polar surface area (TPSA) is 88.1 Å². The number of carbonyl (C=O) groups is 3. The van der Waals surface area contributed by atoms with Gasteiger partial charge in [0.2, 0.25) is 0 Å². The number of benzene rings is 2. The summed E-state index contributed by atoms with van der Waals surface area (Å²) in [6, 6.07) is 18.5. The number of fused-ring (bicyclic) bond motifs is 3. The number of Topliss-reactive ketones (excluding diaryl/α,β-unsaturated/α-hetero) is 1. The Balaban J connectivity index is 1.65. The second kappa shape index (κ2) is 14.6. The Morgan fingerprint density at radius 1 is 0.898 bits per heavy atom. The number of carbonyl (C=O) groups excluding carboxylic acids is 3. The fourth-order valence-electron chi connectivity index (χ4n) is 8.50. The number of rotatable bonds is 9. The third kappa shape index (κ3) is 7.39. The van der Waals surface area contributed by atoms with Crippen molar-refractivity contribution >= 4 is 23.8 Å². The SMILES string of the molecule is C=C1[C@@H](OC(=O)/C=C/c2ccccc2)CC[C@@]2(C)[C@@H](OC(C)C)[C@H](OC(C)C)C3=C(C)C(=O)C[C@@H]([C@@H](OC(=O)c4ccccc4)[C@H]12)C3(C)C. The number of allylic oxidation sites excluding steroid dienone is 1. The van der Waals surface area contributed by atoms with E-state index in [1.807, 2.05) is 71.0 Å². The molecule has 0 spiro atoms. The van der Waals surface area contributed by atoms with Gasteiger partial charge in [-0.2, -0.15) is 0 Å². The van der Waals surface area contributed by atoms with Crippen LogP contribution in [0.1, 0.15) is 90.6 Å². The molecule has 0 N–H and O–H groups in total. The average molecular weight is 669 g/mol. The van der Waals surface area contributed by atoms with Crippen molar-refractivity contribution in [1.29, 1.82) is 0 Å². The summed E-state index contributed by atoms with van der Waals surface area (Å²) in [6.07, 6.45) is 1.65. The van der Waals surface area contributed by atoms with Crippen LogP contribution >= 0.6 is 0 Å². The molecular weight excluding hydrogens is 616 g/mol. The van der Waals surface area contributed by atoms with Gasteiger partial charge in [0.05, 0.1) is 23.9 Å². The summed E-state index contributed by atoms with van der Waals surface area (Å²) in [5.41, 5.74) is 2.25. The lowest BCUT2D eigenvalue weighted by atomic mass is 9.49. The summed E-state index contributed by atoms with van der Waals surface area (Å²) in [5.74, 6) is -1.88. The first-order valence-corrected chi connectivity index (χ1v) is 17.6. The third-order valence-corrected chi connectivity index (χ3v) is 10.8. The molecule has 0 unspecified atom stereocenters. The van der Waals surface area contributed by atoms with Crippen LogP contribution in [0.15, 0.2) is 90.0 Å². The normalized spacial score (nSPS) is 29.8. The van der Waals surface area contributed by atoms with E-state index in [2.05, 4.69) is 27.4 Å². The summed E-state index contributed by atoms with van der Waals surface area (Å²) in [7, 11) is 0. The maximum Gasteiger partial charge on any atom is 0.338 e. The van der Waals surface area contributed by atoms with E-state index >= 15 is 0 Å². The molecule has 49 heavy (non-hydrogen) atoms. The molecule has 0 radical (unpaired) electrons. The highest BCUT2D eigenvalue weighted by atomic mass is 16.6. The van der Waals surface area contributed by atoms with E-state index in [4.69, 9.17) is 18.9 Å². The van der Waals surface area contributed by atoms with Crippen molar-refractivity contribution in [2.45, 2.75) is 111 Å². The number of ether oxygens (including phenoxy) is 4. The van der Waals surface area contributed by atoms with Gasteiger partial charge in [0, 0.05) is 29.7 Å². The van der Waals surface area contributed by atoms with Gasteiger partial charge in [0.15, 0.2) is 5.78 Å². The van der Waals surface area contributed by atoms with Crippen molar-refractivity contribution in [3.63, 3.8) is 0 Å². The predicted octanol–water partition coefficient (Wildman–Crippen LogP) is 8.34. The molecule has 0 heterocycles. The zero-order valence-corrected chi connectivity index (χ0v) is 30.2. The molecular formula is C42H52O7. The molecule has 2 bridgehead atoms. The molecule has 5 rings (SSSR count). The highest BCUT2D eigenvalue weighted by molar-refractivity contribution is 5.97. The van der Waals surface area contributed by atoms with Crippen molar-refractivity contribution in [2.75, 3.05) is 0 Å². The van der Waals surface area contributed by atoms with Gasteiger partial charge < -0.3 is 18.9 Å². The molecule has 0 amide bonds. The van der Waals surface area contributed by atoms with Crippen LogP contribution in [-0.4, -0.2) is 54.3 Å². The second-order valence-electron chi connectivity index (χ2n) is 15.2. The van der Waals surface area contributed by atoms with Gasteiger partial charge in [0.25, 0.3) is 0 Å². The lowest BCUT2D eigenvalue weighted by molar-refractivity contribution is -0.201. The van der Waals surface area contributed by atoms with Crippen LogP contribution in [0.5, 0.6) is 0 Å². The Morgan fingerprint density at radius 3 is 2.12 bits per heavy atom. The molecule has 3 aliphatic carbocycles. The minimum absolute atomic E-state index is 0.000195. The molecule has 0 aromatic heterocycles. The molecule has 3 aliphatic rings. The van der Waals surface area contributed by atoms with Crippen LogP contribution in [-0.2, 0) is 28.5 Å². The van der Waals surface area contributed by atoms with Gasteiger partial charge in [-0.15, -0.1) is 0 Å². The Kier molecular flexibility index (Phi) is 10.9. The van der Waals surface area contributed by atoms with E-state index in [-0.39, 0.29) is 24.4 Å². The molecule has 2 fully saturated rings. The first-order chi connectivity index (χ1) is 23.1. The quantitative estimate of drug-likeness (QED) is 0.151. The number of hydrogen-bond acceptors (Lipinski definition) is 7. The molecule has 2 saturated carbocycles. The third-order valence-electron chi connectivity index (χ3n) is 10.8. The summed E-state index contributed by atoms with van der Waals surface area (Å²) < 4.78 is 26.5. The Hall–Kier alpha value is -3.81.